The molecule has 0 bridgehead atoms. The minimum Gasteiger partial charge on any atom is -0.436 e. The maximum Gasteiger partial charge on any atom is 0.257 e. The van der Waals surface area contributed by atoms with Crippen LogP contribution in [0.3, 0.4) is 0 Å². The summed E-state index contributed by atoms with van der Waals surface area (Å²) in [6.07, 6.45) is 0. The van der Waals surface area contributed by atoms with Gasteiger partial charge in [0.1, 0.15) is 5.52 Å². The van der Waals surface area contributed by atoms with Gasteiger partial charge < -0.3 is 9.73 Å². The van der Waals surface area contributed by atoms with Gasteiger partial charge in [0, 0.05) is 21.8 Å². The quantitative estimate of drug-likeness (QED) is 0.392. The van der Waals surface area contributed by atoms with E-state index in [0.29, 0.717) is 16.5 Å². The first kappa shape index (κ1) is 20.1. The molecule has 0 saturated heterocycles. The van der Waals surface area contributed by atoms with Gasteiger partial charge in [-0.1, -0.05) is 23.7 Å². The summed E-state index contributed by atoms with van der Waals surface area (Å²) in [7, 11) is 0. The molecule has 0 saturated carbocycles. The molecule has 0 fully saturated rings. The first-order chi connectivity index (χ1) is 14.4. The molecular formula is C23H18ClN3O2S. The van der Waals surface area contributed by atoms with Crippen molar-refractivity contribution >= 4 is 51.6 Å². The van der Waals surface area contributed by atoms with E-state index in [2.05, 4.69) is 15.6 Å². The monoisotopic (exact) mass is 435 g/mol. The minimum absolute atomic E-state index is 0.198. The fourth-order valence-electron chi connectivity index (χ4n) is 3.09. The second-order valence-corrected chi connectivity index (χ2v) is 7.73. The van der Waals surface area contributed by atoms with Crippen molar-refractivity contribution in [2.45, 2.75) is 13.8 Å². The Balaban J connectivity index is 1.54. The Morgan fingerprint density at radius 1 is 1.07 bits per heavy atom. The summed E-state index contributed by atoms with van der Waals surface area (Å²) in [5.41, 5.74) is 5.65. The number of nitrogens with one attached hydrogen (secondary N) is 2. The summed E-state index contributed by atoms with van der Waals surface area (Å²) in [4.78, 5) is 17.0. The third-order valence-corrected chi connectivity index (χ3v) is 5.15. The number of rotatable bonds is 3. The molecule has 1 aromatic heterocycles. The Morgan fingerprint density at radius 3 is 2.60 bits per heavy atom. The number of amides is 1. The molecule has 0 atom stereocenters. The van der Waals surface area contributed by atoms with Crippen molar-refractivity contribution in [3.63, 3.8) is 0 Å². The maximum atomic E-state index is 12.4. The second kappa shape index (κ2) is 8.26. The number of carbonyl (C=O) groups is 1. The molecule has 0 aliphatic carbocycles. The topological polar surface area (TPSA) is 67.2 Å². The first-order valence-electron chi connectivity index (χ1n) is 9.26. The van der Waals surface area contributed by atoms with Gasteiger partial charge in [0.05, 0.1) is 0 Å². The van der Waals surface area contributed by atoms with Crippen LogP contribution in [0.2, 0.25) is 5.02 Å². The lowest BCUT2D eigenvalue weighted by atomic mass is 10.1. The minimum atomic E-state index is -0.313. The fourth-order valence-corrected chi connectivity index (χ4v) is 3.41. The number of carbonyl (C=O) groups excluding carboxylic acids is 1. The Kier molecular flexibility index (Phi) is 5.53. The van der Waals surface area contributed by atoms with Crippen LogP contribution in [-0.4, -0.2) is 16.0 Å². The van der Waals surface area contributed by atoms with Crippen LogP contribution >= 0.6 is 23.8 Å². The van der Waals surface area contributed by atoms with E-state index in [1.165, 1.54) is 0 Å². The van der Waals surface area contributed by atoms with Gasteiger partial charge in [0.25, 0.3) is 5.91 Å². The van der Waals surface area contributed by atoms with Crippen molar-refractivity contribution in [1.82, 2.24) is 10.3 Å². The molecule has 1 amide bonds. The first-order valence-corrected chi connectivity index (χ1v) is 10.0. The van der Waals surface area contributed by atoms with E-state index < -0.39 is 0 Å². The average Bonchev–Trinajstić information content (AvgIpc) is 3.12. The molecule has 150 valence electrons. The molecule has 5 nitrogen and oxygen atoms in total. The highest BCUT2D eigenvalue weighted by molar-refractivity contribution is 7.80. The molecule has 4 rings (SSSR count). The van der Waals surface area contributed by atoms with Crippen LogP contribution in [0.5, 0.6) is 0 Å². The summed E-state index contributed by atoms with van der Waals surface area (Å²) in [5, 5.41) is 6.52. The normalized spacial score (nSPS) is 10.8. The fraction of sp³-hybridized carbons (Fsp3) is 0.0870. The molecule has 1 heterocycles. The van der Waals surface area contributed by atoms with Gasteiger partial charge in [-0.2, -0.15) is 0 Å². The molecule has 0 unspecified atom stereocenters. The number of hydrogen-bond donors (Lipinski definition) is 2. The Labute approximate surface area is 184 Å². The maximum absolute atomic E-state index is 12.4. The highest BCUT2D eigenvalue weighted by Crippen LogP contribution is 2.30. The van der Waals surface area contributed by atoms with E-state index in [-0.39, 0.29) is 11.0 Å². The van der Waals surface area contributed by atoms with Crippen molar-refractivity contribution < 1.29 is 9.21 Å². The predicted octanol–water partition coefficient (Wildman–Crippen LogP) is 5.89. The van der Waals surface area contributed by atoms with Gasteiger partial charge in [-0.05, 0) is 85.7 Å². The van der Waals surface area contributed by atoms with E-state index in [9.17, 15) is 4.79 Å². The summed E-state index contributed by atoms with van der Waals surface area (Å²) in [5.74, 6) is 0.222. The van der Waals surface area contributed by atoms with Crippen LogP contribution < -0.4 is 10.6 Å². The van der Waals surface area contributed by atoms with Crippen molar-refractivity contribution in [1.29, 1.82) is 0 Å². The zero-order chi connectivity index (χ0) is 21.3. The lowest BCUT2D eigenvalue weighted by molar-refractivity contribution is 0.0977. The van der Waals surface area contributed by atoms with E-state index in [4.69, 9.17) is 28.2 Å². The largest absolute Gasteiger partial charge is 0.436 e. The van der Waals surface area contributed by atoms with Gasteiger partial charge in [0.2, 0.25) is 5.89 Å². The van der Waals surface area contributed by atoms with Crippen LogP contribution in [0.15, 0.2) is 65.1 Å². The molecule has 3 aromatic carbocycles. The number of halogens is 1. The highest BCUT2D eigenvalue weighted by atomic mass is 35.5. The molecule has 30 heavy (non-hydrogen) atoms. The molecule has 0 spiro atoms. The molecule has 2 N–H and O–H groups in total. The van der Waals surface area contributed by atoms with Crippen molar-refractivity contribution in [3.8, 4) is 11.5 Å². The summed E-state index contributed by atoms with van der Waals surface area (Å²) in [6, 6.07) is 18.2. The number of oxazole rings is 1. The zero-order valence-electron chi connectivity index (χ0n) is 16.3. The lowest BCUT2D eigenvalue weighted by Gasteiger charge is -2.13. The molecule has 0 aliphatic heterocycles. The van der Waals surface area contributed by atoms with Crippen LogP contribution in [-0.2, 0) is 0 Å². The SMILES string of the molecule is Cc1ccc2oc(-c3cccc(NC(=S)NC(=O)c4ccc(Cl)cc4)c3C)nc2c1. The number of thiocarbonyl (C=S) groups is 1. The number of aromatic nitrogens is 1. The highest BCUT2D eigenvalue weighted by Gasteiger charge is 2.14. The van der Waals surface area contributed by atoms with Gasteiger partial charge in [0.15, 0.2) is 10.7 Å². The van der Waals surface area contributed by atoms with Crippen molar-refractivity contribution in [2.24, 2.45) is 0 Å². The van der Waals surface area contributed by atoms with Crippen LogP contribution in [0.4, 0.5) is 5.69 Å². The van der Waals surface area contributed by atoms with E-state index in [1.807, 2.05) is 50.2 Å². The standard InChI is InChI=1S/C23H18ClN3O2S/c1-13-6-11-20-19(12-13)25-22(29-20)17-4-3-5-18(14(17)2)26-23(30)27-21(28)15-7-9-16(24)10-8-15/h3-12H,1-2H3,(H2,26,27,28,30). The van der Waals surface area contributed by atoms with E-state index in [1.54, 1.807) is 24.3 Å². The smallest absolute Gasteiger partial charge is 0.257 e. The predicted molar refractivity (Wildman–Crippen MR) is 124 cm³/mol. The van der Waals surface area contributed by atoms with Gasteiger partial charge in [-0.3, -0.25) is 10.1 Å². The van der Waals surface area contributed by atoms with E-state index in [0.717, 1.165) is 33.5 Å². The van der Waals surface area contributed by atoms with Crippen LogP contribution in [0.1, 0.15) is 21.5 Å². The number of aryl methyl sites for hydroxylation is 1. The van der Waals surface area contributed by atoms with Gasteiger partial charge in [-0.15, -0.1) is 0 Å². The summed E-state index contributed by atoms with van der Waals surface area (Å²) in [6.45, 7) is 3.96. The third-order valence-electron chi connectivity index (χ3n) is 4.69. The van der Waals surface area contributed by atoms with Gasteiger partial charge >= 0.3 is 0 Å². The Hall–Kier alpha value is -3.22. The summed E-state index contributed by atoms with van der Waals surface area (Å²) >= 11 is 11.2. The Bertz CT molecular complexity index is 1270. The molecule has 0 aliphatic rings. The summed E-state index contributed by atoms with van der Waals surface area (Å²) < 4.78 is 5.93. The molecular weight excluding hydrogens is 418 g/mol. The Morgan fingerprint density at radius 2 is 1.83 bits per heavy atom. The van der Waals surface area contributed by atoms with E-state index >= 15 is 0 Å². The number of hydrogen-bond acceptors (Lipinski definition) is 4. The van der Waals surface area contributed by atoms with Crippen LogP contribution in [0.25, 0.3) is 22.6 Å². The van der Waals surface area contributed by atoms with Crippen molar-refractivity contribution in [2.75, 3.05) is 5.32 Å². The average molecular weight is 436 g/mol. The zero-order valence-corrected chi connectivity index (χ0v) is 17.9. The molecule has 0 radical (unpaired) electrons. The number of benzene rings is 3. The molecule has 7 heteroatoms. The number of anilines is 1. The van der Waals surface area contributed by atoms with Crippen molar-refractivity contribution in [3.05, 3.63) is 82.4 Å². The van der Waals surface area contributed by atoms with Gasteiger partial charge in [-0.25, -0.2) is 4.98 Å². The second-order valence-electron chi connectivity index (χ2n) is 6.88. The third kappa shape index (κ3) is 4.20. The van der Waals surface area contributed by atoms with Crippen LogP contribution in [0, 0.1) is 13.8 Å². The number of fused-ring (bicyclic) bond motifs is 1. The molecule has 4 aromatic rings. The lowest BCUT2D eigenvalue weighted by Crippen LogP contribution is -2.34. The number of nitrogens with zero attached hydrogens (tertiary/aromatic N) is 1.